The number of benzene rings is 1. The van der Waals surface area contributed by atoms with Crippen LogP contribution >= 0.6 is 0 Å². The third-order valence-electron chi connectivity index (χ3n) is 2.36. The predicted octanol–water partition coefficient (Wildman–Crippen LogP) is 2.08. The van der Waals surface area contributed by atoms with Crippen LogP contribution in [0, 0.1) is 5.82 Å². The molecule has 1 aromatic carbocycles. The molecule has 0 aliphatic carbocycles. The zero-order valence-corrected chi connectivity index (χ0v) is 9.36. The molecule has 0 unspecified atom stereocenters. The van der Waals surface area contributed by atoms with Crippen molar-refractivity contribution in [2.24, 2.45) is 0 Å². The highest BCUT2D eigenvalue weighted by molar-refractivity contribution is 5.79. The van der Waals surface area contributed by atoms with Crippen LogP contribution < -0.4 is 15.2 Å². The maximum absolute atomic E-state index is 13.5. The number of aromatic nitrogens is 1. The number of hydrogen-bond donors (Lipinski definition) is 1. The molecule has 0 saturated carbocycles. The van der Waals surface area contributed by atoms with Crippen molar-refractivity contribution in [3.05, 3.63) is 24.1 Å². The second-order valence-corrected chi connectivity index (χ2v) is 3.27. The SMILES string of the molecule is COc1c(F)ccc(-c2cnoc2N)c1OC. The Labute approximate surface area is 96.9 Å². The molecule has 1 aromatic heterocycles. The predicted molar refractivity (Wildman–Crippen MR) is 59.4 cm³/mol. The van der Waals surface area contributed by atoms with Crippen LogP contribution in [0.2, 0.25) is 0 Å². The van der Waals surface area contributed by atoms with Gasteiger partial charge in [0, 0.05) is 5.56 Å². The first kappa shape index (κ1) is 11.3. The number of anilines is 1. The first-order chi connectivity index (χ1) is 8.19. The summed E-state index contributed by atoms with van der Waals surface area (Å²) < 4.78 is 28.3. The molecule has 2 aromatic rings. The molecule has 0 spiro atoms. The van der Waals surface area contributed by atoms with Crippen LogP contribution in [-0.4, -0.2) is 19.4 Å². The van der Waals surface area contributed by atoms with Crippen LogP contribution in [0.1, 0.15) is 0 Å². The Morgan fingerprint density at radius 3 is 2.41 bits per heavy atom. The molecular weight excluding hydrogens is 227 g/mol. The average molecular weight is 238 g/mol. The lowest BCUT2D eigenvalue weighted by Gasteiger charge is -2.12. The number of nitrogens with two attached hydrogens (primary N) is 1. The lowest BCUT2D eigenvalue weighted by molar-refractivity contribution is 0.338. The van der Waals surface area contributed by atoms with E-state index >= 15 is 0 Å². The van der Waals surface area contributed by atoms with E-state index < -0.39 is 5.82 Å². The molecule has 0 aliphatic rings. The Morgan fingerprint density at radius 2 is 1.88 bits per heavy atom. The number of ether oxygens (including phenoxy) is 2. The van der Waals surface area contributed by atoms with E-state index in [9.17, 15) is 4.39 Å². The van der Waals surface area contributed by atoms with Gasteiger partial charge in [0.05, 0.1) is 26.0 Å². The number of nitrogen functional groups attached to an aromatic ring is 1. The van der Waals surface area contributed by atoms with Crippen molar-refractivity contribution in [2.45, 2.75) is 0 Å². The van der Waals surface area contributed by atoms with Gasteiger partial charge in [-0.3, -0.25) is 0 Å². The van der Waals surface area contributed by atoms with Gasteiger partial charge in [0.25, 0.3) is 0 Å². The number of rotatable bonds is 3. The normalized spacial score (nSPS) is 10.3. The van der Waals surface area contributed by atoms with Gasteiger partial charge in [-0.05, 0) is 12.1 Å². The van der Waals surface area contributed by atoms with E-state index in [0.29, 0.717) is 11.1 Å². The van der Waals surface area contributed by atoms with Gasteiger partial charge in [-0.1, -0.05) is 5.16 Å². The fraction of sp³-hybridized carbons (Fsp3) is 0.182. The van der Waals surface area contributed by atoms with Crippen molar-refractivity contribution < 1.29 is 18.4 Å². The van der Waals surface area contributed by atoms with Gasteiger partial charge in [0.2, 0.25) is 5.88 Å². The van der Waals surface area contributed by atoms with Crippen molar-refractivity contribution in [1.82, 2.24) is 5.16 Å². The third kappa shape index (κ3) is 1.77. The quantitative estimate of drug-likeness (QED) is 0.886. The summed E-state index contributed by atoms with van der Waals surface area (Å²) in [5, 5.41) is 3.56. The van der Waals surface area contributed by atoms with Crippen LogP contribution in [0.5, 0.6) is 11.5 Å². The minimum Gasteiger partial charge on any atom is -0.492 e. The van der Waals surface area contributed by atoms with E-state index in [4.69, 9.17) is 19.7 Å². The first-order valence-electron chi connectivity index (χ1n) is 4.80. The van der Waals surface area contributed by atoms with Crippen molar-refractivity contribution in [1.29, 1.82) is 0 Å². The molecular formula is C11H11FN2O3. The Morgan fingerprint density at radius 1 is 1.18 bits per heavy atom. The van der Waals surface area contributed by atoms with E-state index in [1.54, 1.807) is 0 Å². The summed E-state index contributed by atoms with van der Waals surface area (Å²) >= 11 is 0. The van der Waals surface area contributed by atoms with E-state index in [0.717, 1.165) is 0 Å². The second kappa shape index (κ2) is 4.32. The van der Waals surface area contributed by atoms with E-state index in [1.165, 1.54) is 32.5 Å². The lowest BCUT2D eigenvalue weighted by atomic mass is 10.1. The molecule has 5 nitrogen and oxygen atoms in total. The number of methoxy groups -OCH3 is 2. The highest BCUT2D eigenvalue weighted by Crippen LogP contribution is 2.41. The number of halogens is 1. The second-order valence-electron chi connectivity index (χ2n) is 3.27. The molecule has 0 radical (unpaired) electrons. The van der Waals surface area contributed by atoms with Crippen molar-refractivity contribution in [3.63, 3.8) is 0 Å². The van der Waals surface area contributed by atoms with Crippen molar-refractivity contribution in [2.75, 3.05) is 20.0 Å². The molecule has 6 heteroatoms. The standard InChI is InChI=1S/C11H11FN2O3/c1-15-9-6(7-5-14-17-11(7)13)3-4-8(12)10(9)16-2/h3-5H,13H2,1-2H3. The zero-order valence-electron chi connectivity index (χ0n) is 9.36. The summed E-state index contributed by atoms with van der Waals surface area (Å²) in [6, 6.07) is 2.79. The summed E-state index contributed by atoms with van der Waals surface area (Å²) in [6.07, 6.45) is 1.44. The van der Waals surface area contributed by atoms with E-state index in [2.05, 4.69) is 5.16 Å². The number of hydrogen-bond acceptors (Lipinski definition) is 5. The molecule has 2 rings (SSSR count). The molecule has 2 N–H and O–H groups in total. The average Bonchev–Trinajstić information content (AvgIpc) is 2.74. The van der Waals surface area contributed by atoms with Crippen molar-refractivity contribution >= 4 is 5.88 Å². The molecule has 0 saturated heterocycles. The van der Waals surface area contributed by atoms with Crippen LogP contribution in [0.25, 0.3) is 11.1 Å². The van der Waals surface area contributed by atoms with Crippen LogP contribution in [-0.2, 0) is 0 Å². The van der Waals surface area contributed by atoms with Gasteiger partial charge in [-0.2, -0.15) is 0 Å². The maximum Gasteiger partial charge on any atom is 0.230 e. The molecule has 0 bridgehead atoms. The Balaban J connectivity index is 2.67. The van der Waals surface area contributed by atoms with Gasteiger partial charge < -0.3 is 19.7 Å². The molecule has 1 heterocycles. The third-order valence-corrected chi connectivity index (χ3v) is 2.36. The molecule has 0 atom stereocenters. The highest BCUT2D eigenvalue weighted by atomic mass is 19.1. The molecule has 0 amide bonds. The van der Waals surface area contributed by atoms with Gasteiger partial charge in [-0.15, -0.1) is 0 Å². The summed E-state index contributed by atoms with van der Waals surface area (Å²) in [4.78, 5) is 0. The maximum atomic E-state index is 13.5. The van der Waals surface area contributed by atoms with Crippen LogP contribution in [0.15, 0.2) is 22.9 Å². The first-order valence-corrected chi connectivity index (χ1v) is 4.80. The topological polar surface area (TPSA) is 70.5 Å². The molecule has 0 fully saturated rings. The fourth-order valence-electron chi connectivity index (χ4n) is 1.59. The summed E-state index contributed by atoms with van der Waals surface area (Å²) in [7, 11) is 2.78. The molecule has 90 valence electrons. The van der Waals surface area contributed by atoms with E-state index in [1.807, 2.05) is 0 Å². The van der Waals surface area contributed by atoms with Gasteiger partial charge >= 0.3 is 0 Å². The zero-order chi connectivity index (χ0) is 12.4. The summed E-state index contributed by atoms with van der Waals surface area (Å²) in [5.41, 5.74) is 6.69. The monoisotopic (exact) mass is 238 g/mol. The lowest BCUT2D eigenvalue weighted by Crippen LogP contribution is -1.97. The Bertz CT molecular complexity index is 540. The minimum absolute atomic E-state index is 0.0191. The highest BCUT2D eigenvalue weighted by Gasteiger charge is 2.19. The smallest absolute Gasteiger partial charge is 0.230 e. The Kier molecular flexibility index (Phi) is 2.86. The van der Waals surface area contributed by atoms with Gasteiger partial charge in [0.1, 0.15) is 0 Å². The van der Waals surface area contributed by atoms with Crippen molar-refractivity contribution in [3.8, 4) is 22.6 Å². The Hall–Kier alpha value is -2.24. The van der Waals surface area contributed by atoms with Crippen LogP contribution in [0.4, 0.5) is 10.3 Å². The van der Waals surface area contributed by atoms with Crippen LogP contribution in [0.3, 0.4) is 0 Å². The fourth-order valence-corrected chi connectivity index (χ4v) is 1.59. The van der Waals surface area contributed by atoms with E-state index in [-0.39, 0.29) is 17.4 Å². The summed E-state index contributed by atoms with van der Waals surface area (Å²) in [6.45, 7) is 0. The summed E-state index contributed by atoms with van der Waals surface area (Å²) in [5.74, 6) is -0.104. The molecule has 17 heavy (non-hydrogen) atoms. The van der Waals surface area contributed by atoms with Gasteiger partial charge in [-0.25, -0.2) is 4.39 Å². The largest absolute Gasteiger partial charge is 0.492 e. The number of nitrogens with zero attached hydrogens (tertiary/aromatic N) is 1. The minimum atomic E-state index is -0.511. The van der Waals surface area contributed by atoms with Gasteiger partial charge in [0.15, 0.2) is 17.3 Å². The molecule has 0 aliphatic heterocycles.